The molecule has 0 aliphatic carbocycles. The Balaban J connectivity index is 4.79. The lowest BCUT2D eigenvalue weighted by atomic mass is 10.3. The molecule has 0 rings (SSSR count). The largest absolute Gasteiger partial charge is 0.465 e. The summed E-state index contributed by atoms with van der Waals surface area (Å²) in [6, 6.07) is -1.17. The van der Waals surface area contributed by atoms with Gasteiger partial charge in [-0.3, -0.25) is 4.79 Å². The highest BCUT2D eigenvalue weighted by Crippen LogP contribution is 1.91. The molecule has 0 aliphatic heterocycles. The number of hydrogen-bond donors (Lipinski definition) is 2. The van der Waals surface area contributed by atoms with E-state index in [9.17, 15) is 13.2 Å². The molecule has 0 spiro atoms. The molecule has 0 aromatic rings. The van der Waals surface area contributed by atoms with E-state index in [1.165, 1.54) is 0 Å². The molecular formula is C11H11IN2O4S. The van der Waals surface area contributed by atoms with Crippen molar-refractivity contribution in [2.24, 2.45) is 5.73 Å². The Hall–Kier alpha value is -1.25. The molecule has 0 aromatic heterocycles. The molecule has 0 saturated carbocycles. The van der Waals surface area contributed by atoms with E-state index in [1.54, 1.807) is 29.5 Å². The first-order valence-electron chi connectivity index (χ1n) is 4.98. The van der Waals surface area contributed by atoms with Crippen LogP contribution < -0.4 is 10.5 Å². The fraction of sp³-hybridized carbons (Fsp3) is 0.364. The minimum absolute atomic E-state index is 0.128. The lowest BCUT2D eigenvalue weighted by molar-refractivity contribution is -0.144. The maximum atomic E-state index is 11.5. The molecule has 8 heteroatoms. The zero-order chi connectivity index (χ0) is 14.7. The van der Waals surface area contributed by atoms with Crippen LogP contribution in [0.2, 0.25) is 0 Å². The first-order chi connectivity index (χ1) is 8.96. The van der Waals surface area contributed by atoms with Crippen LogP contribution in [0.15, 0.2) is 0 Å². The van der Waals surface area contributed by atoms with Gasteiger partial charge < -0.3 is 10.5 Å². The van der Waals surface area contributed by atoms with E-state index in [2.05, 4.69) is 32.3 Å². The maximum absolute atomic E-state index is 11.5. The van der Waals surface area contributed by atoms with Gasteiger partial charge in [-0.05, 0) is 22.7 Å². The number of nitrogens with two attached hydrogens (primary N) is 1. The van der Waals surface area contributed by atoms with Crippen molar-refractivity contribution in [3.8, 4) is 32.9 Å². The van der Waals surface area contributed by atoms with Gasteiger partial charge in [0.1, 0.15) is 6.04 Å². The van der Waals surface area contributed by atoms with Gasteiger partial charge in [0.15, 0.2) is 0 Å². The number of carbonyl (C=O) groups is 1. The number of carbonyl (C=O) groups excluding carboxylic acids is 1. The summed E-state index contributed by atoms with van der Waals surface area (Å²) in [4.78, 5) is 11.3. The molecule has 3 N–H and O–H groups in total. The predicted molar refractivity (Wildman–Crippen MR) is 78.9 cm³/mol. The van der Waals surface area contributed by atoms with Crippen LogP contribution in [0.5, 0.6) is 0 Å². The first kappa shape index (κ1) is 17.8. The van der Waals surface area contributed by atoms with Crippen molar-refractivity contribution in [1.29, 1.82) is 0 Å². The quantitative estimate of drug-likeness (QED) is 0.360. The molecule has 19 heavy (non-hydrogen) atoms. The second-order valence-electron chi connectivity index (χ2n) is 2.86. The molecule has 0 fully saturated rings. The molecule has 0 amide bonds. The van der Waals surface area contributed by atoms with E-state index in [0.29, 0.717) is 0 Å². The van der Waals surface area contributed by atoms with E-state index in [0.717, 1.165) is 0 Å². The van der Waals surface area contributed by atoms with Gasteiger partial charge in [-0.2, -0.15) is 13.1 Å². The van der Waals surface area contributed by atoms with Crippen LogP contribution in [0.1, 0.15) is 6.92 Å². The van der Waals surface area contributed by atoms with Gasteiger partial charge in [0.2, 0.25) is 0 Å². The summed E-state index contributed by atoms with van der Waals surface area (Å²) < 4.78 is 32.1. The summed E-state index contributed by atoms with van der Waals surface area (Å²) in [5.74, 6) is 8.28. The summed E-state index contributed by atoms with van der Waals surface area (Å²) in [5.41, 5.74) is 5.28. The fourth-order valence-electron chi connectivity index (χ4n) is 0.831. The average molecular weight is 394 g/mol. The normalized spacial score (nSPS) is 10.7. The molecule has 0 heterocycles. The van der Waals surface area contributed by atoms with Gasteiger partial charge in [-0.1, -0.05) is 0 Å². The number of ether oxygens (including phenoxy) is 1. The summed E-state index contributed by atoms with van der Waals surface area (Å²) in [7, 11) is -3.99. The van der Waals surface area contributed by atoms with Gasteiger partial charge in [0.25, 0.3) is 10.0 Å². The minimum Gasteiger partial charge on any atom is -0.465 e. The second kappa shape index (κ2) is 9.65. The lowest BCUT2D eigenvalue weighted by Crippen LogP contribution is -2.46. The van der Waals surface area contributed by atoms with Crippen LogP contribution in [0.25, 0.3) is 0 Å². The molecule has 0 aromatic carbocycles. The summed E-state index contributed by atoms with van der Waals surface area (Å²) in [6.45, 7) is 1.50. The van der Waals surface area contributed by atoms with Gasteiger partial charge in [-0.15, -0.1) is 0 Å². The van der Waals surface area contributed by atoms with E-state index < -0.39 is 22.0 Å². The molecular weight excluding hydrogens is 383 g/mol. The molecule has 1 atom stereocenters. The number of rotatable bonds is 5. The third-order valence-electron chi connectivity index (χ3n) is 1.52. The third-order valence-corrected chi connectivity index (χ3v) is 2.76. The summed E-state index contributed by atoms with van der Waals surface area (Å²) in [5, 5.41) is 1.88. The number of halogens is 1. The maximum Gasteiger partial charge on any atom is 0.325 e. The van der Waals surface area contributed by atoms with Gasteiger partial charge in [-0.25, -0.2) is 0 Å². The lowest BCUT2D eigenvalue weighted by Gasteiger charge is -2.12. The van der Waals surface area contributed by atoms with Crippen LogP contribution in [-0.4, -0.2) is 33.6 Å². The summed E-state index contributed by atoms with van der Waals surface area (Å²) in [6.07, 6.45) is 0. The van der Waals surface area contributed by atoms with Gasteiger partial charge in [0, 0.05) is 41.0 Å². The van der Waals surface area contributed by atoms with Crippen LogP contribution in [0.4, 0.5) is 0 Å². The van der Waals surface area contributed by atoms with Crippen LogP contribution in [0.3, 0.4) is 0 Å². The highest BCUT2D eigenvalue weighted by molar-refractivity contribution is 14.1. The molecule has 0 bridgehead atoms. The Morgan fingerprint density at radius 2 is 2.00 bits per heavy atom. The smallest absolute Gasteiger partial charge is 0.325 e. The number of esters is 1. The Morgan fingerprint density at radius 1 is 1.37 bits per heavy atom. The molecule has 0 saturated heterocycles. The van der Waals surface area contributed by atoms with Crippen molar-refractivity contribution in [3.63, 3.8) is 0 Å². The molecule has 0 radical (unpaired) electrons. The second-order valence-corrected chi connectivity index (χ2v) is 4.84. The number of sulfonamides is 1. The van der Waals surface area contributed by atoms with Crippen molar-refractivity contribution in [2.45, 2.75) is 13.0 Å². The summed E-state index contributed by atoms with van der Waals surface area (Å²) >= 11 is 1.78. The number of hydrogen-bond acceptors (Lipinski definition) is 5. The van der Waals surface area contributed by atoms with Crippen molar-refractivity contribution in [3.05, 3.63) is 0 Å². The van der Waals surface area contributed by atoms with E-state index >= 15 is 0 Å². The highest BCUT2D eigenvalue weighted by atomic mass is 127. The number of nitrogens with one attached hydrogen (secondary N) is 1. The minimum atomic E-state index is -3.99. The molecule has 0 aliphatic rings. The van der Waals surface area contributed by atoms with E-state index in [4.69, 9.17) is 5.73 Å². The average Bonchev–Trinajstić information content (AvgIpc) is 2.36. The Kier molecular flexibility index (Phi) is 9.02. The van der Waals surface area contributed by atoms with Crippen LogP contribution in [0, 0.1) is 32.9 Å². The van der Waals surface area contributed by atoms with Crippen molar-refractivity contribution in [2.75, 3.05) is 13.2 Å². The SMILES string of the molecule is CCOC(=O)[C@H](CN)NS(=O)(=O)C#CC#CC#CI. The molecule has 6 nitrogen and oxygen atoms in total. The van der Waals surface area contributed by atoms with E-state index in [1.807, 2.05) is 9.97 Å². The Bertz CT molecular complexity index is 596. The van der Waals surface area contributed by atoms with Crippen molar-refractivity contribution < 1.29 is 17.9 Å². The third kappa shape index (κ3) is 8.46. The Morgan fingerprint density at radius 3 is 2.53 bits per heavy atom. The van der Waals surface area contributed by atoms with Crippen LogP contribution >= 0.6 is 22.6 Å². The molecule has 0 unspecified atom stereocenters. The van der Waals surface area contributed by atoms with Gasteiger partial charge >= 0.3 is 5.97 Å². The predicted octanol–water partition coefficient (Wildman–Crippen LogP) is -0.844. The highest BCUT2D eigenvalue weighted by Gasteiger charge is 2.22. The topological polar surface area (TPSA) is 98.5 Å². The zero-order valence-corrected chi connectivity index (χ0v) is 13.0. The van der Waals surface area contributed by atoms with Crippen LogP contribution in [-0.2, 0) is 19.6 Å². The van der Waals surface area contributed by atoms with Gasteiger partial charge in [0.05, 0.1) is 11.9 Å². The first-order valence-corrected chi connectivity index (χ1v) is 7.54. The monoisotopic (exact) mass is 394 g/mol. The standard InChI is InChI=1S/C11H11IN2O4S/c1-2-18-11(15)10(9-13)14-19(16,17)8-6-4-3-5-7-12/h10,14H,2,9,13H2,1H3/t10-/m0/s1. The fourth-order valence-corrected chi connectivity index (χ4v) is 1.78. The Labute approximate surface area is 126 Å². The zero-order valence-electron chi connectivity index (χ0n) is 9.99. The van der Waals surface area contributed by atoms with Crippen molar-refractivity contribution >= 4 is 38.6 Å². The molecule has 102 valence electrons. The van der Waals surface area contributed by atoms with E-state index in [-0.39, 0.29) is 13.2 Å². The van der Waals surface area contributed by atoms with Crippen molar-refractivity contribution in [1.82, 2.24) is 4.72 Å².